The minimum Gasteiger partial charge on any atom is -0.293 e. The van der Waals surface area contributed by atoms with E-state index in [1.165, 1.54) is 0 Å². The van der Waals surface area contributed by atoms with Crippen molar-refractivity contribution in [3.63, 3.8) is 0 Å². The van der Waals surface area contributed by atoms with Crippen molar-refractivity contribution in [1.29, 1.82) is 0 Å². The van der Waals surface area contributed by atoms with Gasteiger partial charge in [0.05, 0.1) is 17.1 Å². The van der Waals surface area contributed by atoms with Crippen LogP contribution in [0.1, 0.15) is 17.0 Å². The quantitative estimate of drug-likeness (QED) is 0.635. The molecule has 1 fully saturated rings. The zero-order chi connectivity index (χ0) is 20.4. The second-order valence-electron chi connectivity index (χ2n) is 7.29. The Morgan fingerprint density at radius 1 is 0.966 bits per heavy atom. The molecule has 9 heteroatoms. The zero-order valence-corrected chi connectivity index (χ0v) is 17.4. The molecular formula is C20H24N6O2S. The van der Waals surface area contributed by atoms with Gasteiger partial charge in [0.15, 0.2) is 5.82 Å². The van der Waals surface area contributed by atoms with Crippen LogP contribution in [0.4, 0.5) is 0 Å². The summed E-state index contributed by atoms with van der Waals surface area (Å²) >= 11 is 0. The van der Waals surface area contributed by atoms with Crippen LogP contribution < -0.4 is 0 Å². The number of aryl methyl sites for hydroxylation is 2. The summed E-state index contributed by atoms with van der Waals surface area (Å²) in [6.45, 7) is 6.47. The number of sulfonamides is 1. The molecule has 3 aromatic rings. The molecule has 0 spiro atoms. The van der Waals surface area contributed by atoms with Gasteiger partial charge in [0, 0.05) is 26.2 Å². The van der Waals surface area contributed by atoms with Crippen molar-refractivity contribution in [2.24, 2.45) is 0 Å². The van der Waals surface area contributed by atoms with Crippen molar-refractivity contribution in [3.05, 3.63) is 65.5 Å². The Balaban J connectivity index is 1.44. The highest BCUT2D eigenvalue weighted by Gasteiger charge is 2.30. The number of tetrazole rings is 1. The van der Waals surface area contributed by atoms with Crippen LogP contribution in [0, 0.1) is 13.8 Å². The fourth-order valence-corrected chi connectivity index (χ4v) is 5.26. The predicted molar refractivity (Wildman–Crippen MR) is 109 cm³/mol. The van der Waals surface area contributed by atoms with Crippen LogP contribution in [0.25, 0.3) is 5.69 Å². The summed E-state index contributed by atoms with van der Waals surface area (Å²) in [4.78, 5) is 2.58. The third kappa shape index (κ3) is 4.07. The highest BCUT2D eigenvalue weighted by atomic mass is 32.2. The summed E-state index contributed by atoms with van der Waals surface area (Å²) in [6.07, 6.45) is 0. The second-order valence-corrected chi connectivity index (χ2v) is 9.20. The summed E-state index contributed by atoms with van der Waals surface area (Å²) in [5, 5.41) is 12.0. The maximum atomic E-state index is 13.1. The van der Waals surface area contributed by atoms with Crippen molar-refractivity contribution in [3.8, 4) is 5.69 Å². The Morgan fingerprint density at radius 3 is 2.41 bits per heavy atom. The fourth-order valence-electron chi connectivity index (χ4n) is 3.53. The van der Waals surface area contributed by atoms with E-state index in [4.69, 9.17) is 0 Å². The molecule has 152 valence electrons. The summed E-state index contributed by atoms with van der Waals surface area (Å²) in [5.74, 6) is 0.738. The number of nitrogens with zero attached hydrogens (tertiary/aromatic N) is 6. The number of benzene rings is 2. The Labute approximate surface area is 170 Å². The van der Waals surface area contributed by atoms with Gasteiger partial charge in [0.1, 0.15) is 0 Å². The van der Waals surface area contributed by atoms with Crippen molar-refractivity contribution in [1.82, 2.24) is 29.4 Å². The van der Waals surface area contributed by atoms with Crippen molar-refractivity contribution >= 4 is 10.0 Å². The molecule has 0 unspecified atom stereocenters. The zero-order valence-electron chi connectivity index (χ0n) is 16.6. The molecule has 1 aliphatic heterocycles. The Bertz CT molecular complexity index is 1090. The van der Waals surface area contributed by atoms with E-state index in [0.717, 1.165) is 22.6 Å². The van der Waals surface area contributed by atoms with Crippen LogP contribution >= 0.6 is 0 Å². The van der Waals surface area contributed by atoms with Crippen LogP contribution in [-0.2, 0) is 16.6 Å². The van der Waals surface area contributed by atoms with E-state index in [0.29, 0.717) is 37.6 Å². The van der Waals surface area contributed by atoms with Gasteiger partial charge in [-0.15, -0.1) is 5.10 Å². The lowest BCUT2D eigenvalue weighted by atomic mass is 10.2. The second kappa shape index (κ2) is 8.02. The Hall–Kier alpha value is -2.62. The molecule has 4 rings (SSSR count). The van der Waals surface area contributed by atoms with Gasteiger partial charge in [0.2, 0.25) is 10.0 Å². The van der Waals surface area contributed by atoms with Gasteiger partial charge in [-0.1, -0.05) is 30.3 Å². The summed E-state index contributed by atoms with van der Waals surface area (Å²) < 4.78 is 29.5. The molecule has 1 aliphatic rings. The molecule has 0 atom stereocenters. The number of para-hydroxylation sites is 1. The molecule has 2 aromatic carbocycles. The number of rotatable bonds is 5. The highest BCUT2D eigenvalue weighted by Crippen LogP contribution is 2.23. The lowest BCUT2D eigenvalue weighted by Gasteiger charge is -2.33. The molecule has 0 bridgehead atoms. The third-order valence-corrected chi connectivity index (χ3v) is 7.23. The average Bonchev–Trinajstić information content (AvgIpc) is 3.19. The number of piperazine rings is 1. The van der Waals surface area contributed by atoms with E-state index in [9.17, 15) is 8.42 Å². The normalized spacial score (nSPS) is 16.2. The van der Waals surface area contributed by atoms with E-state index in [-0.39, 0.29) is 0 Å². The third-order valence-electron chi connectivity index (χ3n) is 5.19. The fraction of sp³-hybridized carbons (Fsp3) is 0.350. The van der Waals surface area contributed by atoms with E-state index in [2.05, 4.69) is 20.4 Å². The molecule has 0 saturated carbocycles. The number of hydrogen-bond donors (Lipinski definition) is 0. The molecular weight excluding hydrogens is 388 g/mol. The highest BCUT2D eigenvalue weighted by molar-refractivity contribution is 7.89. The van der Waals surface area contributed by atoms with E-state index in [1.807, 2.05) is 56.3 Å². The molecule has 0 N–H and O–H groups in total. The van der Waals surface area contributed by atoms with Gasteiger partial charge in [0.25, 0.3) is 0 Å². The van der Waals surface area contributed by atoms with E-state index >= 15 is 0 Å². The van der Waals surface area contributed by atoms with E-state index in [1.54, 1.807) is 15.1 Å². The summed E-state index contributed by atoms with van der Waals surface area (Å²) in [7, 11) is -3.49. The van der Waals surface area contributed by atoms with Crippen LogP contribution in [-0.4, -0.2) is 64.0 Å². The van der Waals surface area contributed by atoms with Crippen LogP contribution in [0.3, 0.4) is 0 Å². The van der Waals surface area contributed by atoms with Crippen LogP contribution in [0.5, 0.6) is 0 Å². The summed E-state index contributed by atoms with van der Waals surface area (Å²) in [6, 6.07) is 15.3. The lowest BCUT2D eigenvalue weighted by Crippen LogP contribution is -2.48. The molecule has 1 aromatic heterocycles. The molecule has 1 saturated heterocycles. The minimum absolute atomic E-state index is 0.402. The molecule has 0 amide bonds. The molecule has 2 heterocycles. The summed E-state index contributed by atoms with van der Waals surface area (Å²) in [5.41, 5.74) is 2.63. The van der Waals surface area contributed by atoms with E-state index < -0.39 is 10.0 Å². The first-order valence-electron chi connectivity index (χ1n) is 9.57. The standard InChI is InChI=1S/C20H24N6O2S/c1-16-8-9-17(2)19(14-16)29(27,28)25-12-10-24(11-13-25)15-20-21-22-23-26(20)18-6-4-3-5-7-18/h3-9,14H,10-13,15H2,1-2H3. The predicted octanol–water partition coefficient (Wildman–Crippen LogP) is 1.79. The Kier molecular flexibility index (Phi) is 5.44. The largest absolute Gasteiger partial charge is 0.293 e. The molecule has 29 heavy (non-hydrogen) atoms. The average molecular weight is 413 g/mol. The SMILES string of the molecule is Cc1ccc(C)c(S(=O)(=O)N2CCN(Cc3nnnn3-c3ccccc3)CC2)c1. The van der Waals surface area contributed by atoms with Crippen LogP contribution in [0.15, 0.2) is 53.4 Å². The topological polar surface area (TPSA) is 84.2 Å². The Morgan fingerprint density at radius 2 is 1.69 bits per heavy atom. The molecule has 0 radical (unpaired) electrons. The first-order valence-corrected chi connectivity index (χ1v) is 11.0. The van der Waals surface area contributed by atoms with Crippen molar-refractivity contribution in [2.45, 2.75) is 25.3 Å². The first kappa shape index (κ1) is 19.7. The van der Waals surface area contributed by atoms with Gasteiger partial charge in [-0.2, -0.15) is 8.99 Å². The maximum Gasteiger partial charge on any atom is 0.243 e. The van der Waals surface area contributed by atoms with Gasteiger partial charge in [-0.05, 0) is 53.6 Å². The van der Waals surface area contributed by atoms with Gasteiger partial charge in [-0.25, -0.2) is 8.42 Å². The number of aromatic nitrogens is 4. The molecule has 8 nitrogen and oxygen atoms in total. The van der Waals surface area contributed by atoms with Crippen molar-refractivity contribution in [2.75, 3.05) is 26.2 Å². The maximum absolute atomic E-state index is 13.1. The molecule has 0 aliphatic carbocycles. The van der Waals surface area contributed by atoms with Gasteiger partial charge >= 0.3 is 0 Å². The van der Waals surface area contributed by atoms with Crippen molar-refractivity contribution < 1.29 is 8.42 Å². The minimum atomic E-state index is -3.49. The monoisotopic (exact) mass is 412 g/mol. The lowest BCUT2D eigenvalue weighted by molar-refractivity contribution is 0.177. The first-order chi connectivity index (χ1) is 13.9. The van der Waals surface area contributed by atoms with Gasteiger partial charge < -0.3 is 0 Å². The van der Waals surface area contributed by atoms with Crippen LogP contribution in [0.2, 0.25) is 0 Å². The number of hydrogen-bond acceptors (Lipinski definition) is 6. The van der Waals surface area contributed by atoms with Gasteiger partial charge in [-0.3, -0.25) is 4.90 Å². The smallest absolute Gasteiger partial charge is 0.243 e.